The van der Waals surface area contributed by atoms with Crippen molar-refractivity contribution in [2.45, 2.75) is 13.8 Å². The fourth-order valence-corrected chi connectivity index (χ4v) is 0.992. The van der Waals surface area contributed by atoms with Crippen molar-refractivity contribution in [1.82, 2.24) is 0 Å². The largest absolute Gasteiger partial charge is 0.458 e. The van der Waals surface area contributed by atoms with Crippen LogP contribution in [0.2, 0.25) is 0 Å². The molecule has 0 fully saturated rings. The first-order valence-corrected chi connectivity index (χ1v) is 4.48. The molecule has 0 aromatic heterocycles. The van der Waals surface area contributed by atoms with Crippen molar-refractivity contribution in [1.29, 1.82) is 0 Å². The van der Waals surface area contributed by atoms with Gasteiger partial charge in [0.25, 0.3) is 0 Å². The van der Waals surface area contributed by atoms with Crippen LogP contribution in [0.3, 0.4) is 0 Å². The van der Waals surface area contributed by atoms with E-state index >= 15 is 0 Å². The SMILES string of the molecule is CC=CC(=CC)Oc1ccc(F)cc1. The van der Waals surface area contributed by atoms with Crippen molar-refractivity contribution in [3.05, 3.63) is 54.1 Å². The summed E-state index contributed by atoms with van der Waals surface area (Å²) in [4.78, 5) is 0. The topological polar surface area (TPSA) is 9.23 Å². The second kappa shape index (κ2) is 5.22. The molecule has 0 aliphatic heterocycles. The Bertz CT molecular complexity index is 336. The summed E-state index contributed by atoms with van der Waals surface area (Å²) < 4.78 is 18.0. The molecule has 1 aromatic rings. The van der Waals surface area contributed by atoms with Gasteiger partial charge < -0.3 is 4.74 Å². The van der Waals surface area contributed by atoms with Gasteiger partial charge in [-0.2, -0.15) is 0 Å². The molecule has 0 N–H and O–H groups in total. The minimum Gasteiger partial charge on any atom is -0.458 e. The van der Waals surface area contributed by atoms with Gasteiger partial charge in [-0.05, 0) is 50.3 Å². The monoisotopic (exact) mass is 192 g/mol. The molecule has 1 aromatic carbocycles. The van der Waals surface area contributed by atoms with Crippen LogP contribution in [0.1, 0.15) is 13.8 Å². The fourth-order valence-electron chi connectivity index (χ4n) is 0.992. The molecule has 1 rings (SSSR count). The van der Waals surface area contributed by atoms with Crippen molar-refractivity contribution >= 4 is 0 Å². The Morgan fingerprint density at radius 3 is 2.36 bits per heavy atom. The third-order valence-corrected chi connectivity index (χ3v) is 1.66. The molecule has 1 nitrogen and oxygen atoms in total. The van der Waals surface area contributed by atoms with E-state index in [9.17, 15) is 4.39 Å². The molecule has 0 amide bonds. The first-order chi connectivity index (χ1) is 6.76. The number of ether oxygens (including phenoxy) is 1. The van der Waals surface area contributed by atoms with E-state index in [1.165, 1.54) is 12.1 Å². The lowest BCUT2D eigenvalue weighted by Crippen LogP contribution is -1.91. The van der Waals surface area contributed by atoms with Crippen LogP contribution >= 0.6 is 0 Å². The second-order valence-electron chi connectivity index (χ2n) is 2.75. The Kier molecular flexibility index (Phi) is 3.92. The van der Waals surface area contributed by atoms with Gasteiger partial charge in [0.15, 0.2) is 0 Å². The van der Waals surface area contributed by atoms with Crippen LogP contribution in [0, 0.1) is 5.82 Å². The van der Waals surface area contributed by atoms with E-state index in [-0.39, 0.29) is 5.82 Å². The maximum Gasteiger partial charge on any atom is 0.127 e. The third-order valence-electron chi connectivity index (χ3n) is 1.66. The summed E-state index contributed by atoms with van der Waals surface area (Å²) in [7, 11) is 0. The summed E-state index contributed by atoms with van der Waals surface area (Å²) in [5.74, 6) is 1.13. The summed E-state index contributed by atoms with van der Waals surface area (Å²) in [6.45, 7) is 3.80. The standard InChI is InChI=1S/C12H13FO/c1-3-5-11(4-2)14-12-8-6-10(13)7-9-12/h3-9H,1-2H3. The Labute approximate surface area is 83.5 Å². The van der Waals surface area contributed by atoms with Crippen molar-refractivity contribution in [2.24, 2.45) is 0 Å². The molecule has 0 spiro atoms. The van der Waals surface area contributed by atoms with Gasteiger partial charge in [-0.25, -0.2) is 4.39 Å². The quantitative estimate of drug-likeness (QED) is 0.524. The Balaban J connectivity index is 2.73. The second-order valence-corrected chi connectivity index (χ2v) is 2.75. The highest BCUT2D eigenvalue weighted by molar-refractivity contribution is 5.26. The van der Waals surface area contributed by atoms with E-state index in [1.54, 1.807) is 12.1 Å². The molecule has 0 atom stereocenters. The summed E-state index contributed by atoms with van der Waals surface area (Å²) in [5, 5.41) is 0. The summed E-state index contributed by atoms with van der Waals surface area (Å²) in [6, 6.07) is 5.95. The smallest absolute Gasteiger partial charge is 0.127 e. The molecular formula is C12H13FO. The number of benzene rings is 1. The number of halogens is 1. The minimum absolute atomic E-state index is 0.259. The van der Waals surface area contributed by atoms with Gasteiger partial charge >= 0.3 is 0 Å². The van der Waals surface area contributed by atoms with E-state index in [2.05, 4.69) is 0 Å². The van der Waals surface area contributed by atoms with Crippen molar-refractivity contribution < 1.29 is 9.13 Å². The molecule has 0 aliphatic rings. The first kappa shape index (κ1) is 10.5. The third kappa shape index (κ3) is 3.05. The highest BCUT2D eigenvalue weighted by atomic mass is 19.1. The molecule has 0 saturated heterocycles. The molecule has 0 radical (unpaired) electrons. The minimum atomic E-state index is -0.259. The van der Waals surface area contributed by atoms with Crippen LogP contribution in [0.15, 0.2) is 48.3 Å². The predicted molar refractivity (Wildman–Crippen MR) is 55.6 cm³/mol. The van der Waals surface area contributed by atoms with Crippen molar-refractivity contribution in [3.63, 3.8) is 0 Å². The highest BCUT2D eigenvalue weighted by Crippen LogP contribution is 2.14. The number of rotatable bonds is 3. The van der Waals surface area contributed by atoms with Gasteiger partial charge in [0.2, 0.25) is 0 Å². The van der Waals surface area contributed by atoms with Crippen LogP contribution in [0.4, 0.5) is 4.39 Å². The van der Waals surface area contributed by atoms with Crippen LogP contribution < -0.4 is 4.74 Å². The van der Waals surface area contributed by atoms with E-state index < -0.39 is 0 Å². The molecule has 0 unspecified atom stereocenters. The fraction of sp³-hybridized carbons (Fsp3) is 0.167. The molecule has 14 heavy (non-hydrogen) atoms. The van der Waals surface area contributed by atoms with Gasteiger partial charge in [-0.15, -0.1) is 0 Å². The predicted octanol–water partition coefficient (Wildman–Crippen LogP) is 3.68. The van der Waals surface area contributed by atoms with E-state index in [4.69, 9.17) is 4.74 Å². The molecular weight excluding hydrogens is 179 g/mol. The number of allylic oxidation sites excluding steroid dienone is 3. The summed E-state index contributed by atoms with van der Waals surface area (Å²) >= 11 is 0. The normalized spacial score (nSPS) is 12.1. The first-order valence-electron chi connectivity index (χ1n) is 4.48. The van der Waals surface area contributed by atoms with Gasteiger partial charge in [-0.1, -0.05) is 6.08 Å². The molecule has 74 valence electrons. The summed E-state index contributed by atoms with van der Waals surface area (Å²) in [5.41, 5.74) is 0. The Hall–Kier alpha value is -1.57. The lowest BCUT2D eigenvalue weighted by atomic mass is 10.3. The molecule has 0 bridgehead atoms. The van der Waals surface area contributed by atoms with Gasteiger partial charge in [-0.3, -0.25) is 0 Å². The average Bonchev–Trinajstić information content (AvgIpc) is 2.20. The molecule has 0 saturated carbocycles. The average molecular weight is 192 g/mol. The van der Waals surface area contributed by atoms with E-state index in [0.29, 0.717) is 5.75 Å². The summed E-state index contributed by atoms with van der Waals surface area (Å²) in [6.07, 6.45) is 5.59. The maximum absolute atomic E-state index is 12.6. The van der Waals surface area contributed by atoms with Crippen molar-refractivity contribution in [2.75, 3.05) is 0 Å². The molecule has 2 heteroatoms. The van der Waals surface area contributed by atoms with Gasteiger partial charge in [0.05, 0.1) is 0 Å². The zero-order valence-corrected chi connectivity index (χ0v) is 8.33. The van der Waals surface area contributed by atoms with Gasteiger partial charge in [0, 0.05) is 0 Å². The van der Waals surface area contributed by atoms with Crippen molar-refractivity contribution in [3.8, 4) is 5.75 Å². The van der Waals surface area contributed by atoms with Crippen LogP contribution in [-0.2, 0) is 0 Å². The van der Waals surface area contributed by atoms with Crippen LogP contribution in [0.5, 0.6) is 5.75 Å². The van der Waals surface area contributed by atoms with Gasteiger partial charge in [0.1, 0.15) is 17.3 Å². The number of hydrogen-bond acceptors (Lipinski definition) is 1. The lowest BCUT2D eigenvalue weighted by molar-refractivity contribution is 0.442. The zero-order chi connectivity index (χ0) is 10.4. The molecule has 0 aliphatic carbocycles. The lowest BCUT2D eigenvalue weighted by Gasteiger charge is -2.05. The highest BCUT2D eigenvalue weighted by Gasteiger charge is 1.96. The molecule has 0 heterocycles. The maximum atomic E-state index is 12.6. The number of hydrogen-bond donors (Lipinski definition) is 0. The van der Waals surface area contributed by atoms with E-state index in [0.717, 1.165) is 5.76 Å². The zero-order valence-electron chi connectivity index (χ0n) is 8.33. The Morgan fingerprint density at radius 2 is 1.86 bits per heavy atom. The Morgan fingerprint density at radius 1 is 1.21 bits per heavy atom. The van der Waals surface area contributed by atoms with Crippen LogP contribution in [-0.4, -0.2) is 0 Å². The van der Waals surface area contributed by atoms with E-state index in [1.807, 2.05) is 32.1 Å². The van der Waals surface area contributed by atoms with Crippen LogP contribution in [0.25, 0.3) is 0 Å².